The van der Waals surface area contributed by atoms with Crippen molar-refractivity contribution in [3.8, 4) is 0 Å². The first-order valence-corrected chi connectivity index (χ1v) is 9.87. The highest BCUT2D eigenvalue weighted by Gasteiger charge is 2.16. The van der Waals surface area contributed by atoms with E-state index in [1.165, 1.54) is 0 Å². The Morgan fingerprint density at radius 2 is 2.15 bits per heavy atom. The Morgan fingerprint density at radius 1 is 1.30 bits per heavy atom. The highest BCUT2D eigenvalue weighted by molar-refractivity contribution is 7.99. The number of aryl methyl sites for hydroxylation is 1. The molecule has 0 aliphatic carbocycles. The number of rotatable bonds is 4. The van der Waals surface area contributed by atoms with Crippen molar-refractivity contribution in [2.45, 2.75) is 24.8 Å². The van der Waals surface area contributed by atoms with Crippen molar-refractivity contribution in [1.29, 1.82) is 0 Å². The van der Waals surface area contributed by atoms with Gasteiger partial charge < -0.3 is 15.2 Å². The maximum Gasteiger partial charge on any atom is 0.251 e. The Morgan fingerprint density at radius 3 is 3.04 bits per heavy atom. The van der Waals surface area contributed by atoms with E-state index in [1.54, 1.807) is 23.9 Å². The first kappa shape index (κ1) is 17.6. The molecule has 0 spiro atoms. The number of carbonyl (C=O) groups is 2. The average Bonchev–Trinajstić information content (AvgIpc) is 2.85. The molecular formula is C20H20N4O2S. The van der Waals surface area contributed by atoms with E-state index in [4.69, 9.17) is 0 Å². The Bertz CT molecular complexity index is 1030. The molecule has 1 aromatic heterocycles. The molecule has 0 radical (unpaired) electrons. The fraction of sp³-hybridized carbons (Fsp3) is 0.250. The van der Waals surface area contributed by atoms with E-state index in [2.05, 4.69) is 20.2 Å². The number of benzene rings is 2. The molecule has 0 saturated heterocycles. The predicted molar refractivity (Wildman–Crippen MR) is 107 cm³/mol. The van der Waals surface area contributed by atoms with Crippen molar-refractivity contribution in [2.75, 3.05) is 17.6 Å². The van der Waals surface area contributed by atoms with Crippen molar-refractivity contribution in [3.63, 3.8) is 0 Å². The van der Waals surface area contributed by atoms with Crippen molar-refractivity contribution in [1.82, 2.24) is 14.9 Å². The summed E-state index contributed by atoms with van der Waals surface area (Å²) in [5.41, 5.74) is 3.28. The minimum atomic E-state index is -0.150. The summed E-state index contributed by atoms with van der Waals surface area (Å²) in [6, 6.07) is 13.4. The molecule has 138 valence electrons. The summed E-state index contributed by atoms with van der Waals surface area (Å²) in [4.78, 5) is 29.8. The number of nitrogens with zero attached hydrogens (tertiary/aromatic N) is 2. The predicted octanol–water partition coefficient (Wildman–Crippen LogP) is 3.21. The average molecular weight is 380 g/mol. The van der Waals surface area contributed by atoms with E-state index in [-0.39, 0.29) is 11.8 Å². The van der Waals surface area contributed by atoms with Crippen LogP contribution in [0.15, 0.2) is 47.4 Å². The van der Waals surface area contributed by atoms with Gasteiger partial charge in [-0.2, -0.15) is 0 Å². The molecule has 2 heterocycles. The van der Waals surface area contributed by atoms with Gasteiger partial charge in [-0.25, -0.2) is 4.98 Å². The minimum absolute atomic E-state index is 0.0127. The quantitative estimate of drug-likeness (QED) is 0.729. The minimum Gasteiger partial charge on any atom is -0.350 e. The monoisotopic (exact) mass is 380 g/mol. The molecule has 0 saturated carbocycles. The van der Waals surface area contributed by atoms with Crippen molar-refractivity contribution < 1.29 is 9.59 Å². The number of para-hydroxylation sites is 2. The zero-order valence-electron chi connectivity index (χ0n) is 15.0. The van der Waals surface area contributed by atoms with Crippen LogP contribution in [0, 0.1) is 6.92 Å². The van der Waals surface area contributed by atoms with Gasteiger partial charge in [-0.05, 0) is 37.3 Å². The molecule has 0 atom stereocenters. The molecule has 6 nitrogen and oxygen atoms in total. The third kappa shape index (κ3) is 3.68. The van der Waals surface area contributed by atoms with Crippen LogP contribution in [0.4, 0.5) is 5.69 Å². The summed E-state index contributed by atoms with van der Waals surface area (Å²) < 4.78 is 2.10. The molecular weight excluding hydrogens is 360 g/mol. The molecule has 0 unspecified atom stereocenters. The smallest absolute Gasteiger partial charge is 0.251 e. The normalized spacial score (nSPS) is 13.7. The molecule has 0 bridgehead atoms. The molecule has 2 N–H and O–H groups in total. The van der Waals surface area contributed by atoms with Gasteiger partial charge in [-0.1, -0.05) is 12.1 Å². The second-order valence-electron chi connectivity index (χ2n) is 6.41. The summed E-state index contributed by atoms with van der Waals surface area (Å²) in [7, 11) is 0. The number of hydrogen-bond donors (Lipinski definition) is 2. The van der Waals surface area contributed by atoms with Gasteiger partial charge >= 0.3 is 0 Å². The molecule has 27 heavy (non-hydrogen) atoms. The summed E-state index contributed by atoms with van der Waals surface area (Å²) in [6.07, 6.45) is 0.485. The Hall–Kier alpha value is -2.80. The lowest BCUT2D eigenvalue weighted by molar-refractivity contribution is -0.115. The fourth-order valence-corrected chi connectivity index (χ4v) is 4.16. The summed E-state index contributed by atoms with van der Waals surface area (Å²) in [5.74, 6) is 1.52. The maximum atomic E-state index is 12.5. The lowest BCUT2D eigenvalue weighted by Crippen LogP contribution is -2.27. The molecule has 7 heteroatoms. The lowest BCUT2D eigenvalue weighted by atomic mass is 10.2. The van der Waals surface area contributed by atoms with Crippen molar-refractivity contribution >= 4 is 40.3 Å². The number of aromatic nitrogens is 2. The number of fused-ring (bicyclic) bond motifs is 2. The van der Waals surface area contributed by atoms with Gasteiger partial charge in [-0.3, -0.25) is 9.59 Å². The number of carbonyl (C=O) groups excluding carboxylic acids is 2. The van der Waals surface area contributed by atoms with Crippen LogP contribution in [0.1, 0.15) is 22.6 Å². The van der Waals surface area contributed by atoms with Crippen LogP contribution in [0.25, 0.3) is 11.0 Å². The standard InChI is InChI=1S/C20H20N4O2S/c1-13-22-15-4-2-3-5-17(15)24(13)10-9-21-20(26)14-6-7-18-16(12-14)23-19(25)8-11-27-18/h2-7,12H,8-11H2,1H3,(H,21,26)(H,23,25). The topological polar surface area (TPSA) is 76.0 Å². The molecule has 2 aromatic carbocycles. The van der Waals surface area contributed by atoms with Crippen LogP contribution < -0.4 is 10.6 Å². The second-order valence-corrected chi connectivity index (χ2v) is 7.55. The molecule has 2 amide bonds. The number of amides is 2. The summed E-state index contributed by atoms with van der Waals surface area (Å²) in [6.45, 7) is 3.11. The molecule has 3 aromatic rings. The van der Waals surface area contributed by atoms with Crippen LogP contribution in [-0.2, 0) is 11.3 Å². The van der Waals surface area contributed by atoms with Crippen molar-refractivity contribution in [3.05, 3.63) is 53.9 Å². The third-order valence-corrected chi connectivity index (χ3v) is 5.64. The van der Waals surface area contributed by atoms with E-state index in [0.717, 1.165) is 27.5 Å². The van der Waals surface area contributed by atoms with Crippen LogP contribution in [0.5, 0.6) is 0 Å². The SMILES string of the molecule is Cc1nc2ccccc2n1CCNC(=O)c1ccc2c(c1)NC(=O)CCS2. The highest BCUT2D eigenvalue weighted by Crippen LogP contribution is 2.31. The number of hydrogen-bond acceptors (Lipinski definition) is 4. The van der Waals surface area contributed by atoms with E-state index in [0.29, 0.717) is 30.8 Å². The number of thioether (sulfide) groups is 1. The summed E-state index contributed by atoms with van der Waals surface area (Å²) in [5, 5.41) is 5.83. The van der Waals surface area contributed by atoms with Crippen LogP contribution >= 0.6 is 11.8 Å². The van der Waals surface area contributed by atoms with Crippen molar-refractivity contribution in [2.24, 2.45) is 0 Å². The molecule has 4 rings (SSSR count). The van der Waals surface area contributed by atoms with Gasteiger partial charge in [0.2, 0.25) is 5.91 Å². The number of imidazole rings is 1. The first-order chi connectivity index (χ1) is 13.1. The van der Waals surface area contributed by atoms with E-state index < -0.39 is 0 Å². The zero-order chi connectivity index (χ0) is 18.8. The van der Waals surface area contributed by atoms with Crippen LogP contribution in [0.2, 0.25) is 0 Å². The number of anilines is 1. The highest BCUT2D eigenvalue weighted by atomic mass is 32.2. The molecule has 1 aliphatic heterocycles. The summed E-state index contributed by atoms with van der Waals surface area (Å²) >= 11 is 1.63. The van der Waals surface area contributed by atoms with Gasteiger partial charge in [0.05, 0.1) is 16.7 Å². The van der Waals surface area contributed by atoms with E-state index in [1.807, 2.05) is 37.3 Å². The third-order valence-electron chi connectivity index (χ3n) is 4.57. The lowest BCUT2D eigenvalue weighted by Gasteiger charge is -2.11. The Balaban J connectivity index is 1.44. The van der Waals surface area contributed by atoms with Crippen LogP contribution in [0.3, 0.4) is 0 Å². The maximum absolute atomic E-state index is 12.5. The second kappa shape index (κ2) is 7.44. The van der Waals surface area contributed by atoms with Gasteiger partial charge in [0.1, 0.15) is 5.82 Å². The van der Waals surface area contributed by atoms with Gasteiger partial charge in [-0.15, -0.1) is 11.8 Å². The Kier molecular flexibility index (Phi) is 4.85. The van der Waals surface area contributed by atoms with Gasteiger partial charge in [0.15, 0.2) is 0 Å². The van der Waals surface area contributed by atoms with Crippen LogP contribution in [-0.4, -0.2) is 33.7 Å². The van der Waals surface area contributed by atoms with E-state index in [9.17, 15) is 9.59 Å². The molecule has 0 fully saturated rings. The van der Waals surface area contributed by atoms with Gasteiger partial charge in [0.25, 0.3) is 5.91 Å². The first-order valence-electron chi connectivity index (χ1n) is 8.88. The fourth-order valence-electron chi connectivity index (χ4n) is 3.22. The van der Waals surface area contributed by atoms with E-state index >= 15 is 0 Å². The number of nitrogens with one attached hydrogen (secondary N) is 2. The largest absolute Gasteiger partial charge is 0.350 e. The Labute approximate surface area is 161 Å². The zero-order valence-corrected chi connectivity index (χ0v) is 15.8. The molecule has 1 aliphatic rings. The van der Waals surface area contributed by atoms with Gasteiger partial charge in [0, 0.05) is 35.7 Å².